The SMILES string of the molecule is Cl.Cl.Cn1ncc(CN)c1C1CC1. The minimum Gasteiger partial charge on any atom is -0.326 e. The normalized spacial score (nSPS) is 14.6. The molecule has 0 spiro atoms. The first kappa shape index (κ1) is 12.8. The van der Waals surface area contributed by atoms with Gasteiger partial charge in [0.05, 0.1) is 6.20 Å². The van der Waals surface area contributed by atoms with E-state index in [1.165, 1.54) is 24.1 Å². The standard InChI is InChI=1S/C8H13N3.2ClH/c1-11-8(6-2-3-6)7(4-9)5-10-11;;/h5-6H,2-4,9H2,1H3;2*1H. The average Bonchev–Trinajstić information content (AvgIpc) is 2.76. The molecule has 1 fully saturated rings. The molecule has 0 radical (unpaired) electrons. The fraction of sp³-hybridized carbons (Fsp3) is 0.625. The lowest BCUT2D eigenvalue weighted by molar-refractivity contribution is 0.710. The van der Waals surface area contributed by atoms with Crippen LogP contribution in [0, 0.1) is 0 Å². The van der Waals surface area contributed by atoms with E-state index in [9.17, 15) is 0 Å². The van der Waals surface area contributed by atoms with Gasteiger partial charge in [-0.3, -0.25) is 4.68 Å². The summed E-state index contributed by atoms with van der Waals surface area (Å²) in [4.78, 5) is 0. The van der Waals surface area contributed by atoms with Gasteiger partial charge in [-0.15, -0.1) is 24.8 Å². The van der Waals surface area contributed by atoms with E-state index in [1.807, 2.05) is 17.9 Å². The molecule has 0 amide bonds. The van der Waals surface area contributed by atoms with Crippen molar-refractivity contribution >= 4 is 24.8 Å². The van der Waals surface area contributed by atoms with Crippen LogP contribution >= 0.6 is 24.8 Å². The molecule has 0 atom stereocenters. The summed E-state index contributed by atoms with van der Waals surface area (Å²) in [5.74, 6) is 0.751. The molecule has 1 saturated carbocycles. The van der Waals surface area contributed by atoms with Gasteiger partial charge in [0, 0.05) is 30.8 Å². The van der Waals surface area contributed by atoms with E-state index < -0.39 is 0 Å². The fourth-order valence-electron chi connectivity index (χ4n) is 1.53. The number of rotatable bonds is 2. The van der Waals surface area contributed by atoms with Crippen molar-refractivity contribution in [2.75, 3.05) is 0 Å². The van der Waals surface area contributed by atoms with Crippen molar-refractivity contribution in [3.05, 3.63) is 17.5 Å². The topological polar surface area (TPSA) is 43.8 Å². The highest BCUT2D eigenvalue weighted by atomic mass is 35.5. The van der Waals surface area contributed by atoms with Crippen LogP contribution in [0.4, 0.5) is 0 Å². The van der Waals surface area contributed by atoms with Gasteiger partial charge in [0.2, 0.25) is 0 Å². The molecule has 0 bridgehead atoms. The summed E-state index contributed by atoms with van der Waals surface area (Å²) < 4.78 is 1.96. The highest BCUT2D eigenvalue weighted by molar-refractivity contribution is 5.85. The van der Waals surface area contributed by atoms with Crippen LogP contribution in [-0.2, 0) is 13.6 Å². The number of halogens is 2. The monoisotopic (exact) mass is 223 g/mol. The average molecular weight is 224 g/mol. The molecule has 5 heteroatoms. The smallest absolute Gasteiger partial charge is 0.0537 e. The molecule has 13 heavy (non-hydrogen) atoms. The van der Waals surface area contributed by atoms with E-state index in [1.54, 1.807) is 0 Å². The van der Waals surface area contributed by atoms with Crippen LogP contribution in [0.5, 0.6) is 0 Å². The van der Waals surface area contributed by atoms with Crippen molar-refractivity contribution in [2.45, 2.75) is 25.3 Å². The zero-order valence-corrected chi connectivity index (χ0v) is 9.20. The molecule has 2 rings (SSSR count). The molecule has 0 aliphatic heterocycles. The maximum Gasteiger partial charge on any atom is 0.0537 e. The molecular formula is C8H15Cl2N3. The molecule has 1 aliphatic rings. The third-order valence-electron chi connectivity index (χ3n) is 2.25. The van der Waals surface area contributed by atoms with E-state index in [-0.39, 0.29) is 24.8 Å². The zero-order chi connectivity index (χ0) is 7.84. The molecule has 2 N–H and O–H groups in total. The number of hydrogen-bond acceptors (Lipinski definition) is 2. The summed E-state index contributed by atoms with van der Waals surface area (Å²) in [5.41, 5.74) is 8.15. The number of aromatic nitrogens is 2. The van der Waals surface area contributed by atoms with E-state index >= 15 is 0 Å². The summed E-state index contributed by atoms with van der Waals surface area (Å²) in [7, 11) is 1.99. The van der Waals surface area contributed by atoms with Gasteiger partial charge in [-0.05, 0) is 12.8 Å². The van der Waals surface area contributed by atoms with E-state index in [0.717, 1.165) is 5.92 Å². The minimum absolute atomic E-state index is 0. The van der Waals surface area contributed by atoms with Gasteiger partial charge in [-0.2, -0.15) is 5.10 Å². The second-order valence-electron chi connectivity index (χ2n) is 3.16. The number of aryl methyl sites for hydroxylation is 1. The van der Waals surface area contributed by atoms with Crippen molar-refractivity contribution < 1.29 is 0 Å². The molecule has 3 nitrogen and oxygen atoms in total. The van der Waals surface area contributed by atoms with Crippen molar-refractivity contribution in [3.8, 4) is 0 Å². The fourth-order valence-corrected chi connectivity index (χ4v) is 1.53. The van der Waals surface area contributed by atoms with Crippen LogP contribution in [0.15, 0.2) is 6.20 Å². The summed E-state index contributed by atoms with van der Waals surface area (Å²) in [6.07, 6.45) is 4.51. The summed E-state index contributed by atoms with van der Waals surface area (Å²) in [6.45, 7) is 0.625. The van der Waals surface area contributed by atoms with Gasteiger partial charge in [-0.1, -0.05) is 0 Å². The number of nitrogens with zero attached hydrogens (tertiary/aromatic N) is 2. The molecule has 0 aromatic carbocycles. The largest absolute Gasteiger partial charge is 0.326 e. The van der Waals surface area contributed by atoms with Gasteiger partial charge in [0.15, 0.2) is 0 Å². The first-order chi connectivity index (χ1) is 5.33. The Kier molecular flexibility index (Phi) is 4.75. The Bertz CT molecular complexity index is 268. The Hall–Kier alpha value is -0.250. The lowest BCUT2D eigenvalue weighted by Gasteiger charge is -2.00. The van der Waals surface area contributed by atoms with Crippen LogP contribution in [0.2, 0.25) is 0 Å². The van der Waals surface area contributed by atoms with Crippen molar-refractivity contribution in [2.24, 2.45) is 12.8 Å². The molecule has 0 saturated heterocycles. The second-order valence-corrected chi connectivity index (χ2v) is 3.16. The zero-order valence-electron chi connectivity index (χ0n) is 7.56. The summed E-state index contributed by atoms with van der Waals surface area (Å²) in [5, 5.41) is 4.19. The first-order valence-corrected chi connectivity index (χ1v) is 4.03. The van der Waals surface area contributed by atoms with E-state index in [0.29, 0.717) is 6.54 Å². The van der Waals surface area contributed by atoms with Gasteiger partial charge in [0.1, 0.15) is 0 Å². The molecular weight excluding hydrogens is 209 g/mol. The van der Waals surface area contributed by atoms with E-state index in [2.05, 4.69) is 5.10 Å². The molecule has 1 aliphatic carbocycles. The van der Waals surface area contributed by atoms with Crippen LogP contribution in [0.25, 0.3) is 0 Å². The first-order valence-electron chi connectivity index (χ1n) is 4.03. The second kappa shape index (κ2) is 4.84. The van der Waals surface area contributed by atoms with Crippen molar-refractivity contribution in [1.29, 1.82) is 0 Å². The molecule has 1 aromatic heterocycles. The van der Waals surface area contributed by atoms with Gasteiger partial charge < -0.3 is 5.73 Å². The van der Waals surface area contributed by atoms with Crippen LogP contribution in [0.3, 0.4) is 0 Å². The molecule has 1 aromatic rings. The Morgan fingerprint density at radius 1 is 1.54 bits per heavy atom. The lowest BCUT2D eigenvalue weighted by atomic mass is 10.2. The van der Waals surface area contributed by atoms with Crippen LogP contribution < -0.4 is 5.73 Å². The molecule has 0 unspecified atom stereocenters. The van der Waals surface area contributed by atoms with Crippen molar-refractivity contribution in [3.63, 3.8) is 0 Å². The minimum atomic E-state index is 0. The predicted molar refractivity (Wildman–Crippen MR) is 57.6 cm³/mol. The van der Waals surface area contributed by atoms with Crippen LogP contribution in [-0.4, -0.2) is 9.78 Å². The number of nitrogens with two attached hydrogens (primary N) is 1. The van der Waals surface area contributed by atoms with Crippen molar-refractivity contribution in [1.82, 2.24) is 9.78 Å². The highest BCUT2D eigenvalue weighted by Crippen LogP contribution is 2.41. The summed E-state index contributed by atoms with van der Waals surface area (Å²) in [6, 6.07) is 0. The Labute approximate surface area is 90.5 Å². The third-order valence-corrected chi connectivity index (χ3v) is 2.25. The van der Waals surface area contributed by atoms with Gasteiger partial charge in [0.25, 0.3) is 0 Å². The maximum atomic E-state index is 5.58. The lowest BCUT2D eigenvalue weighted by Crippen LogP contribution is -2.02. The quantitative estimate of drug-likeness (QED) is 0.829. The third kappa shape index (κ3) is 2.36. The Morgan fingerprint density at radius 2 is 2.15 bits per heavy atom. The van der Waals surface area contributed by atoms with E-state index in [4.69, 9.17) is 5.73 Å². The Balaban J connectivity index is 0.000000720. The van der Waals surface area contributed by atoms with Gasteiger partial charge in [-0.25, -0.2) is 0 Å². The molecule has 1 heterocycles. The van der Waals surface area contributed by atoms with Gasteiger partial charge >= 0.3 is 0 Å². The number of hydrogen-bond donors (Lipinski definition) is 1. The maximum absolute atomic E-state index is 5.58. The Morgan fingerprint density at radius 3 is 2.62 bits per heavy atom. The predicted octanol–water partition coefficient (Wildman–Crippen LogP) is 1.60. The summed E-state index contributed by atoms with van der Waals surface area (Å²) >= 11 is 0. The molecule has 76 valence electrons. The van der Waals surface area contributed by atoms with Crippen LogP contribution in [0.1, 0.15) is 30.0 Å². The highest BCUT2D eigenvalue weighted by Gasteiger charge is 2.28.